The fourth-order valence-electron chi connectivity index (χ4n) is 3.92. The second-order valence-corrected chi connectivity index (χ2v) is 7.19. The van der Waals surface area contributed by atoms with Crippen LogP contribution in [0, 0.1) is 0 Å². The molecular formula is C19H24N8. The van der Waals surface area contributed by atoms with Crippen molar-refractivity contribution in [2.75, 3.05) is 54.0 Å². The number of rotatable bonds is 3. The third kappa shape index (κ3) is 3.27. The summed E-state index contributed by atoms with van der Waals surface area (Å²) in [6, 6.07) is 8.19. The molecule has 27 heavy (non-hydrogen) atoms. The van der Waals surface area contributed by atoms with Crippen molar-refractivity contribution in [1.29, 1.82) is 0 Å². The van der Waals surface area contributed by atoms with Gasteiger partial charge in [0.25, 0.3) is 0 Å². The van der Waals surface area contributed by atoms with Gasteiger partial charge in [0.2, 0.25) is 0 Å². The maximum absolute atomic E-state index is 4.69. The first kappa shape index (κ1) is 16.3. The Bertz CT molecular complexity index is 891. The molecule has 2 fully saturated rings. The topological polar surface area (TPSA) is 65.7 Å². The van der Waals surface area contributed by atoms with Crippen molar-refractivity contribution in [2.45, 2.75) is 19.3 Å². The molecule has 0 spiro atoms. The minimum absolute atomic E-state index is 0.883. The van der Waals surface area contributed by atoms with Gasteiger partial charge >= 0.3 is 0 Å². The van der Waals surface area contributed by atoms with Crippen LogP contribution in [0.3, 0.4) is 0 Å². The van der Waals surface area contributed by atoms with E-state index in [1.165, 1.54) is 19.3 Å². The third-order valence-electron chi connectivity index (χ3n) is 5.49. The standard InChI is InChI=1S/C19H24N8/c1-2-9-24(10-3-1)18-4-5-19(23-22-18)26-14-12-25(13-15-26)16-7-11-27-17(21-16)6-8-20-27/h4-8,11H,1-3,9-10,12-15H2. The highest BCUT2D eigenvalue weighted by molar-refractivity contribution is 5.50. The normalized spacial score (nSPS) is 18.3. The molecule has 2 saturated heterocycles. The van der Waals surface area contributed by atoms with Gasteiger partial charge in [-0.15, -0.1) is 10.2 Å². The Labute approximate surface area is 158 Å². The number of hydrogen-bond donors (Lipinski definition) is 0. The van der Waals surface area contributed by atoms with Crippen LogP contribution < -0.4 is 14.7 Å². The van der Waals surface area contributed by atoms with E-state index in [1.54, 1.807) is 10.7 Å². The molecule has 2 aliphatic rings. The predicted molar refractivity (Wildman–Crippen MR) is 106 cm³/mol. The van der Waals surface area contributed by atoms with Gasteiger partial charge < -0.3 is 14.7 Å². The summed E-state index contributed by atoms with van der Waals surface area (Å²) < 4.78 is 1.79. The first-order chi connectivity index (χ1) is 13.4. The molecule has 0 N–H and O–H groups in total. The fourth-order valence-corrected chi connectivity index (χ4v) is 3.92. The minimum Gasteiger partial charge on any atom is -0.355 e. The van der Waals surface area contributed by atoms with E-state index < -0.39 is 0 Å². The van der Waals surface area contributed by atoms with E-state index in [9.17, 15) is 0 Å². The molecule has 5 rings (SSSR count). The van der Waals surface area contributed by atoms with Crippen LogP contribution in [0.5, 0.6) is 0 Å². The number of piperazine rings is 1. The van der Waals surface area contributed by atoms with Crippen molar-refractivity contribution in [3.05, 3.63) is 36.7 Å². The molecule has 3 aromatic heterocycles. The predicted octanol–water partition coefficient (Wildman–Crippen LogP) is 1.84. The molecule has 0 amide bonds. The summed E-state index contributed by atoms with van der Waals surface area (Å²) in [5.74, 6) is 2.99. The first-order valence-corrected chi connectivity index (χ1v) is 9.76. The second kappa shape index (κ2) is 7.02. The number of anilines is 3. The lowest BCUT2D eigenvalue weighted by molar-refractivity contribution is 0.570. The lowest BCUT2D eigenvalue weighted by Crippen LogP contribution is -2.47. The smallest absolute Gasteiger partial charge is 0.157 e. The Morgan fingerprint density at radius 1 is 0.630 bits per heavy atom. The van der Waals surface area contributed by atoms with Gasteiger partial charge in [0.1, 0.15) is 5.82 Å². The number of fused-ring (bicyclic) bond motifs is 1. The maximum atomic E-state index is 4.69. The molecule has 0 aliphatic carbocycles. The van der Waals surface area contributed by atoms with Crippen LogP contribution in [0.4, 0.5) is 17.5 Å². The summed E-state index contributed by atoms with van der Waals surface area (Å²) >= 11 is 0. The number of piperidine rings is 1. The Balaban J connectivity index is 1.23. The molecule has 3 aromatic rings. The van der Waals surface area contributed by atoms with E-state index in [0.717, 1.165) is 62.4 Å². The van der Waals surface area contributed by atoms with Crippen molar-refractivity contribution in [3.63, 3.8) is 0 Å². The molecule has 0 atom stereocenters. The van der Waals surface area contributed by atoms with Crippen LogP contribution in [0.25, 0.3) is 5.65 Å². The monoisotopic (exact) mass is 364 g/mol. The van der Waals surface area contributed by atoms with Gasteiger partial charge in [0.05, 0.1) is 6.20 Å². The summed E-state index contributed by atoms with van der Waals surface area (Å²) in [7, 11) is 0. The van der Waals surface area contributed by atoms with Gasteiger partial charge in [-0.25, -0.2) is 9.50 Å². The van der Waals surface area contributed by atoms with E-state index >= 15 is 0 Å². The van der Waals surface area contributed by atoms with E-state index in [-0.39, 0.29) is 0 Å². The SMILES string of the molecule is c1cc2nc(N3CCN(c4ccc(N5CCCCC5)nn4)CC3)ccn2n1. The summed E-state index contributed by atoms with van der Waals surface area (Å²) in [4.78, 5) is 11.7. The van der Waals surface area contributed by atoms with Gasteiger partial charge in [-0.3, -0.25) is 0 Å². The Hall–Kier alpha value is -2.90. The van der Waals surface area contributed by atoms with Crippen LogP contribution >= 0.6 is 0 Å². The highest BCUT2D eigenvalue weighted by Gasteiger charge is 2.20. The Morgan fingerprint density at radius 3 is 1.93 bits per heavy atom. The highest BCUT2D eigenvalue weighted by atomic mass is 15.4. The summed E-state index contributed by atoms with van der Waals surface area (Å²) in [5, 5.41) is 13.2. The summed E-state index contributed by atoms with van der Waals surface area (Å²) in [5.41, 5.74) is 0.883. The van der Waals surface area contributed by atoms with Crippen LogP contribution in [0.15, 0.2) is 36.7 Å². The molecule has 0 aromatic carbocycles. The third-order valence-corrected chi connectivity index (χ3v) is 5.49. The Morgan fingerprint density at radius 2 is 1.26 bits per heavy atom. The van der Waals surface area contributed by atoms with Gasteiger partial charge in [-0.1, -0.05) is 0 Å². The van der Waals surface area contributed by atoms with Gasteiger partial charge in [-0.05, 0) is 37.5 Å². The minimum atomic E-state index is 0.883. The van der Waals surface area contributed by atoms with Gasteiger partial charge in [-0.2, -0.15) is 5.10 Å². The van der Waals surface area contributed by atoms with Crippen LogP contribution in [0.1, 0.15) is 19.3 Å². The lowest BCUT2D eigenvalue weighted by Gasteiger charge is -2.36. The van der Waals surface area contributed by atoms with Crippen LogP contribution in [0.2, 0.25) is 0 Å². The van der Waals surface area contributed by atoms with E-state index in [1.807, 2.05) is 18.3 Å². The fraction of sp³-hybridized carbons (Fsp3) is 0.474. The average Bonchev–Trinajstić information content (AvgIpc) is 3.23. The van der Waals surface area contributed by atoms with Crippen molar-refractivity contribution < 1.29 is 0 Å². The largest absolute Gasteiger partial charge is 0.355 e. The van der Waals surface area contributed by atoms with Crippen molar-refractivity contribution in [2.24, 2.45) is 0 Å². The summed E-state index contributed by atoms with van der Waals surface area (Å²) in [6.45, 7) is 5.88. The van der Waals surface area contributed by atoms with E-state index in [0.29, 0.717) is 0 Å². The second-order valence-electron chi connectivity index (χ2n) is 7.19. The zero-order chi connectivity index (χ0) is 18.1. The van der Waals surface area contributed by atoms with Crippen molar-refractivity contribution in [3.8, 4) is 0 Å². The van der Waals surface area contributed by atoms with Crippen LogP contribution in [-0.4, -0.2) is 64.1 Å². The zero-order valence-corrected chi connectivity index (χ0v) is 15.4. The van der Waals surface area contributed by atoms with Crippen molar-refractivity contribution in [1.82, 2.24) is 24.8 Å². The first-order valence-electron chi connectivity index (χ1n) is 9.76. The van der Waals surface area contributed by atoms with Crippen molar-refractivity contribution >= 4 is 23.1 Å². The average molecular weight is 364 g/mol. The Kier molecular flexibility index (Phi) is 4.23. The van der Waals surface area contributed by atoms with Crippen LogP contribution in [-0.2, 0) is 0 Å². The molecule has 5 heterocycles. The van der Waals surface area contributed by atoms with E-state index in [4.69, 9.17) is 4.98 Å². The summed E-state index contributed by atoms with van der Waals surface area (Å²) in [6.07, 6.45) is 7.58. The molecule has 0 unspecified atom stereocenters. The molecule has 0 bridgehead atoms. The molecule has 8 heteroatoms. The quantitative estimate of drug-likeness (QED) is 0.702. The lowest BCUT2D eigenvalue weighted by atomic mass is 10.1. The molecule has 8 nitrogen and oxygen atoms in total. The number of hydrogen-bond acceptors (Lipinski definition) is 7. The number of aromatic nitrogens is 5. The van der Waals surface area contributed by atoms with Gasteiger partial charge in [0, 0.05) is 51.5 Å². The zero-order valence-electron chi connectivity index (χ0n) is 15.4. The van der Waals surface area contributed by atoms with E-state index in [2.05, 4.69) is 42.1 Å². The number of nitrogens with zero attached hydrogens (tertiary/aromatic N) is 8. The maximum Gasteiger partial charge on any atom is 0.157 e. The molecular weight excluding hydrogens is 340 g/mol. The molecule has 0 radical (unpaired) electrons. The molecule has 0 saturated carbocycles. The van der Waals surface area contributed by atoms with Gasteiger partial charge in [0.15, 0.2) is 17.3 Å². The highest BCUT2D eigenvalue weighted by Crippen LogP contribution is 2.21. The molecule has 140 valence electrons. The molecule has 2 aliphatic heterocycles.